The number of H-pyrrole nitrogens is 1. The van der Waals surface area contributed by atoms with E-state index in [2.05, 4.69) is 33.5 Å². The van der Waals surface area contributed by atoms with Crippen molar-refractivity contribution in [2.45, 2.75) is 51.3 Å². The Morgan fingerprint density at radius 1 is 1.29 bits per heavy atom. The van der Waals surface area contributed by atoms with Gasteiger partial charge >= 0.3 is 0 Å². The first kappa shape index (κ1) is 20.5. The number of nitrogens with one attached hydrogen (secondary N) is 2. The van der Waals surface area contributed by atoms with Gasteiger partial charge in [0.15, 0.2) is 0 Å². The maximum atomic E-state index is 12.7. The number of hydrogen-bond acceptors (Lipinski definition) is 4. The third-order valence-electron chi connectivity index (χ3n) is 6.44. The number of carbonyl (C=O) groups excluding carboxylic acids is 1. The van der Waals surface area contributed by atoms with E-state index in [1.54, 1.807) is 24.9 Å². The molecule has 0 bridgehead atoms. The molecule has 2 aliphatic heterocycles. The van der Waals surface area contributed by atoms with Gasteiger partial charge in [-0.15, -0.1) is 0 Å². The summed E-state index contributed by atoms with van der Waals surface area (Å²) in [6, 6.07) is 6.83. The van der Waals surface area contributed by atoms with E-state index in [1.807, 2.05) is 6.20 Å². The van der Waals surface area contributed by atoms with Gasteiger partial charge in [-0.05, 0) is 74.0 Å². The molecule has 1 amide bonds. The van der Waals surface area contributed by atoms with Crippen LogP contribution in [0.25, 0.3) is 22.2 Å². The van der Waals surface area contributed by atoms with Gasteiger partial charge < -0.3 is 20.3 Å². The van der Waals surface area contributed by atoms with Crippen molar-refractivity contribution >= 4 is 28.5 Å². The summed E-state index contributed by atoms with van der Waals surface area (Å²) in [7, 11) is 0. The van der Waals surface area contributed by atoms with E-state index >= 15 is 0 Å². The van der Waals surface area contributed by atoms with Gasteiger partial charge in [0.2, 0.25) is 0 Å². The molecule has 162 valence electrons. The van der Waals surface area contributed by atoms with Crippen LogP contribution in [0.3, 0.4) is 0 Å². The largest absolute Gasteiger partial charge is 0.381 e. The zero-order chi connectivity index (χ0) is 21.8. The van der Waals surface area contributed by atoms with Gasteiger partial charge in [-0.25, -0.2) is 4.98 Å². The number of aromatic amines is 1. The second-order valence-corrected chi connectivity index (χ2v) is 9.55. The first-order valence-corrected chi connectivity index (χ1v) is 11.2. The minimum Gasteiger partial charge on any atom is -0.381 e. The summed E-state index contributed by atoms with van der Waals surface area (Å²) in [6.45, 7) is 5.26. The van der Waals surface area contributed by atoms with E-state index in [0.29, 0.717) is 18.1 Å². The van der Waals surface area contributed by atoms with E-state index in [-0.39, 0.29) is 11.9 Å². The minimum absolute atomic E-state index is 0.218. The van der Waals surface area contributed by atoms with Crippen LogP contribution in [0.2, 0.25) is 5.02 Å². The molecular weight excluding hydrogens is 412 g/mol. The van der Waals surface area contributed by atoms with Crippen molar-refractivity contribution in [2.75, 3.05) is 13.1 Å². The zero-order valence-electron chi connectivity index (χ0n) is 17.8. The molecule has 5 rings (SSSR count). The molecule has 3 aromatic rings. The first-order chi connectivity index (χ1) is 14.8. The monoisotopic (exact) mass is 438 g/mol. The molecule has 1 atom stereocenters. The summed E-state index contributed by atoms with van der Waals surface area (Å²) in [6.07, 6.45) is 6.64. The number of halogens is 1. The number of nitrogens with zero attached hydrogens (tertiary/aromatic N) is 2. The number of carbonyl (C=O) groups is 1. The fourth-order valence-corrected chi connectivity index (χ4v) is 5.01. The molecule has 0 aliphatic carbocycles. The quantitative estimate of drug-likeness (QED) is 0.578. The normalized spacial score (nSPS) is 19.1. The van der Waals surface area contributed by atoms with Gasteiger partial charge in [0.1, 0.15) is 11.2 Å². The molecule has 0 spiro atoms. The summed E-state index contributed by atoms with van der Waals surface area (Å²) in [4.78, 5) is 22.1. The van der Waals surface area contributed by atoms with Crippen LogP contribution in [-0.4, -0.2) is 44.6 Å². The van der Waals surface area contributed by atoms with Crippen molar-refractivity contribution < 1.29 is 9.90 Å². The predicted molar refractivity (Wildman–Crippen MR) is 122 cm³/mol. The molecule has 1 unspecified atom stereocenters. The number of amides is 1. The summed E-state index contributed by atoms with van der Waals surface area (Å²) in [5.41, 5.74) is 5.30. The van der Waals surface area contributed by atoms with E-state index < -0.39 is 5.60 Å². The van der Waals surface area contributed by atoms with Gasteiger partial charge in [-0.1, -0.05) is 17.7 Å². The summed E-state index contributed by atoms with van der Waals surface area (Å²) >= 11 is 6.33. The van der Waals surface area contributed by atoms with Crippen molar-refractivity contribution in [1.29, 1.82) is 0 Å². The smallest absolute Gasteiger partial charge is 0.254 e. The maximum Gasteiger partial charge on any atom is 0.254 e. The van der Waals surface area contributed by atoms with Crippen LogP contribution in [0.15, 0.2) is 30.6 Å². The Morgan fingerprint density at radius 2 is 2.13 bits per heavy atom. The highest BCUT2D eigenvalue weighted by Gasteiger charge is 2.33. The first-order valence-electron chi connectivity index (χ1n) is 10.8. The number of aromatic nitrogens is 2. The second-order valence-electron chi connectivity index (χ2n) is 9.14. The molecule has 3 N–H and O–H groups in total. The van der Waals surface area contributed by atoms with E-state index in [1.165, 1.54) is 16.7 Å². The van der Waals surface area contributed by atoms with Crippen molar-refractivity contribution in [3.63, 3.8) is 0 Å². The Morgan fingerprint density at radius 3 is 2.87 bits per heavy atom. The molecule has 1 aromatic carbocycles. The van der Waals surface area contributed by atoms with Crippen LogP contribution in [-0.2, 0) is 17.8 Å². The Hall–Kier alpha value is -2.41. The lowest BCUT2D eigenvalue weighted by molar-refractivity contribution is -0.148. The van der Waals surface area contributed by atoms with Crippen LogP contribution < -0.4 is 5.32 Å². The lowest BCUT2D eigenvalue weighted by Crippen LogP contribution is -2.47. The average Bonchev–Trinajstić information content (AvgIpc) is 3.41. The van der Waals surface area contributed by atoms with Crippen molar-refractivity contribution in [3.8, 4) is 11.1 Å². The summed E-state index contributed by atoms with van der Waals surface area (Å²) in [5.74, 6) is -0.218. The Balaban J connectivity index is 1.58. The number of hydrogen-bond donors (Lipinski definition) is 3. The number of benzene rings is 1. The molecule has 0 saturated carbocycles. The fraction of sp³-hybridized carbons (Fsp3) is 0.417. The van der Waals surface area contributed by atoms with Crippen molar-refractivity contribution in [2.24, 2.45) is 0 Å². The van der Waals surface area contributed by atoms with Gasteiger partial charge in [-0.3, -0.25) is 4.79 Å². The van der Waals surface area contributed by atoms with Gasteiger partial charge in [0, 0.05) is 42.5 Å². The Kier molecular flexibility index (Phi) is 5.04. The third kappa shape index (κ3) is 3.73. The maximum absolute atomic E-state index is 12.7. The molecule has 7 heteroatoms. The Labute approximate surface area is 186 Å². The predicted octanol–water partition coefficient (Wildman–Crippen LogP) is 3.96. The fourth-order valence-electron chi connectivity index (χ4n) is 4.81. The lowest BCUT2D eigenvalue weighted by Gasteiger charge is -2.35. The topological polar surface area (TPSA) is 81.2 Å². The van der Waals surface area contributed by atoms with E-state index in [9.17, 15) is 9.90 Å². The summed E-state index contributed by atoms with van der Waals surface area (Å²) in [5, 5.41) is 15.4. The van der Waals surface area contributed by atoms with Crippen molar-refractivity contribution in [3.05, 3.63) is 52.3 Å². The standard InChI is InChI=1S/C24H27ClN4O2/c1-24(2,31)23(30)29-7-5-14-8-15(9-17(19(14)13-29)21-4-3-6-26-21)16-10-18-20(25)12-28-22(18)27-11-16/h8-12,21,26,31H,3-7,13H2,1-2H3,(H,27,28). The van der Waals surface area contributed by atoms with Crippen LogP contribution >= 0.6 is 11.6 Å². The number of fused-ring (bicyclic) bond motifs is 2. The van der Waals surface area contributed by atoms with Crippen molar-refractivity contribution in [1.82, 2.24) is 20.2 Å². The lowest BCUT2D eigenvalue weighted by atomic mass is 9.86. The molecule has 1 fully saturated rings. The van der Waals surface area contributed by atoms with E-state index in [0.717, 1.165) is 48.0 Å². The summed E-state index contributed by atoms with van der Waals surface area (Å²) < 4.78 is 0. The highest BCUT2D eigenvalue weighted by molar-refractivity contribution is 6.35. The van der Waals surface area contributed by atoms with Gasteiger partial charge in [0.05, 0.1) is 5.02 Å². The molecule has 0 radical (unpaired) electrons. The molecule has 1 saturated heterocycles. The molecular formula is C24H27ClN4O2. The number of aliphatic hydroxyl groups is 1. The van der Waals surface area contributed by atoms with E-state index in [4.69, 9.17) is 11.6 Å². The SMILES string of the molecule is CC(C)(O)C(=O)N1CCc2cc(-c3cnc4[nH]cc(Cl)c4c3)cc(C3CCCN3)c2C1. The third-order valence-corrected chi connectivity index (χ3v) is 6.75. The van der Waals surface area contributed by atoms with Crippen LogP contribution in [0.5, 0.6) is 0 Å². The van der Waals surface area contributed by atoms with Gasteiger partial charge in [-0.2, -0.15) is 0 Å². The number of rotatable bonds is 3. The van der Waals surface area contributed by atoms with Crippen LogP contribution in [0, 0.1) is 0 Å². The molecule has 2 aliphatic rings. The van der Waals surface area contributed by atoms with Gasteiger partial charge in [0.25, 0.3) is 5.91 Å². The minimum atomic E-state index is -1.36. The zero-order valence-corrected chi connectivity index (χ0v) is 18.6. The highest BCUT2D eigenvalue weighted by Crippen LogP contribution is 2.37. The second kappa shape index (κ2) is 7.62. The molecule has 2 aromatic heterocycles. The molecule has 31 heavy (non-hydrogen) atoms. The van der Waals surface area contributed by atoms with Crippen LogP contribution in [0.1, 0.15) is 49.4 Å². The average molecular weight is 439 g/mol. The molecule has 4 heterocycles. The Bertz CT molecular complexity index is 1160. The molecule has 6 nitrogen and oxygen atoms in total. The van der Waals surface area contributed by atoms with Crippen LogP contribution in [0.4, 0.5) is 0 Å². The highest BCUT2D eigenvalue weighted by atomic mass is 35.5. The number of pyridine rings is 1.